The fourth-order valence-corrected chi connectivity index (χ4v) is 2.29. The Bertz CT molecular complexity index is 225. The van der Waals surface area contributed by atoms with Gasteiger partial charge in [-0.15, -0.1) is 0 Å². The number of unbranched alkanes of at least 4 members (excludes halogenated alkanes) is 1. The van der Waals surface area contributed by atoms with E-state index in [4.69, 9.17) is 11.6 Å². The molecule has 2 unspecified atom stereocenters. The molecule has 0 aliphatic heterocycles. The highest BCUT2D eigenvalue weighted by atomic mass is 35.5. The average Bonchev–Trinajstić information content (AvgIpc) is 2.16. The molecule has 1 fully saturated rings. The van der Waals surface area contributed by atoms with Gasteiger partial charge in [0.1, 0.15) is 5.78 Å². The van der Waals surface area contributed by atoms with Crippen molar-refractivity contribution in [3.05, 3.63) is 0 Å². The zero-order chi connectivity index (χ0) is 10.6. The van der Waals surface area contributed by atoms with Crippen LogP contribution in [0.25, 0.3) is 0 Å². The van der Waals surface area contributed by atoms with Crippen molar-refractivity contribution in [1.29, 1.82) is 0 Å². The average molecular weight is 217 g/mol. The minimum atomic E-state index is -0.507. The molecule has 0 aromatic heterocycles. The molecule has 1 aliphatic carbocycles. The van der Waals surface area contributed by atoms with Crippen LogP contribution in [0.2, 0.25) is 0 Å². The van der Waals surface area contributed by atoms with Gasteiger partial charge in [0.25, 0.3) is 0 Å². The number of rotatable bonds is 4. The maximum Gasteiger partial charge on any atom is 0.232 e. The topological polar surface area (TPSA) is 34.1 Å². The predicted octanol–water partition coefficient (Wildman–Crippen LogP) is 2.93. The van der Waals surface area contributed by atoms with Gasteiger partial charge in [0.05, 0.1) is 5.92 Å². The Kier molecular flexibility index (Phi) is 4.59. The highest BCUT2D eigenvalue weighted by Crippen LogP contribution is 2.31. The van der Waals surface area contributed by atoms with Crippen molar-refractivity contribution in [2.45, 2.75) is 45.4 Å². The van der Waals surface area contributed by atoms with Gasteiger partial charge < -0.3 is 0 Å². The minimum absolute atomic E-state index is 0.0396. The SMILES string of the molecule is CCCCC1CCC(=O)C(C(=O)Cl)C1. The Balaban J connectivity index is 2.45. The molecule has 0 spiro atoms. The molecule has 1 rings (SSSR count). The summed E-state index contributed by atoms with van der Waals surface area (Å²) in [7, 11) is 0. The lowest BCUT2D eigenvalue weighted by atomic mass is 9.79. The molecule has 3 heteroatoms. The minimum Gasteiger partial charge on any atom is -0.299 e. The largest absolute Gasteiger partial charge is 0.299 e. The summed E-state index contributed by atoms with van der Waals surface area (Å²) in [5.74, 6) is 0.0605. The van der Waals surface area contributed by atoms with Crippen molar-refractivity contribution in [3.63, 3.8) is 0 Å². The summed E-state index contributed by atoms with van der Waals surface area (Å²) < 4.78 is 0. The third kappa shape index (κ3) is 3.09. The summed E-state index contributed by atoms with van der Waals surface area (Å²) in [5, 5.41) is -0.462. The fourth-order valence-electron chi connectivity index (χ4n) is 2.08. The lowest BCUT2D eigenvalue weighted by Gasteiger charge is -2.25. The van der Waals surface area contributed by atoms with Gasteiger partial charge in [0.15, 0.2) is 0 Å². The first-order valence-electron chi connectivity index (χ1n) is 5.37. The summed E-state index contributed by atoms with van der Waals surface area (Å²) >= 11 is 5.39. The van der Waals surface area contributed by atoms with Crippen LogP contribution in [0.1, 0.15) is 45.4 Å². The van der Waals surface area contributed by atoms with E-state index in [9.17, 15) is 9.59 Å². The summed E-state index contributed by atoms with van der Waals surface area (Å²) in [5.41, 5.74) is 0. The normalized spacial score (nSPS) is 27.7. The Labute approximate surface area is 90.0 Å². The van der Waals surface area contributed by atoms with Crippen LogP contribution in [0.5, 0.6) is 0 Å². The zero-order valence-electron chi connectivity index (χ0n) is 8.59. The highest BCUT2D eigenvalue weighted by Gasteiger charge is 2.32. The third-order valence-corrected chi connectivity index (χ3v) is 3.26. The quantitative estimate of drug-likeness (QED) is 0.535. The number of hydrogen-bond acceptors (Lipinski definition) is 2. The molecule has 1 saturated carbocycles. The summed E-state index contributed by atoms with van der Waals surface area (Å²) in [6.07, 6.45) is 5.65. The molecule has 1 aliphatic rings. The molecule has 0 N–H and O–H groups in total. The van der Waals surface area contributed by atoms with E-state index in [-0.39, 0.29) is 5.78 Å². The lowest BCUT2D eigenvalue weighted by Crippen LogP contribution is -2.28. The van der Waals surface area contributed by atoms with E-state index in [2.05, 4.69) is 6.92 Å². The lowest BCUT2D eigenvalue weighted by molar-refractivity contribution is -0.131. The smallest absolute Gasteiger partial charge is 0.232 e. The number of hydrogen-bond donors (Lipinski definition) is 0. The van der Waals surface area contributed by atoms with Crippen molar-refractivity contribution in [1.82, 2.24) is 0 Å². The van der Waals surface area contributed by atoms with Gasteiger partial charge in [0.2, 0.25) is 5.24 Å². The molecule has 80 valence electrons. The van der Waals surface area contributed by atoms with Gasteiger partial charge >= 0.3 is 0 Å². The van der Waals surface area contributed by atoms with Gasteiger partial charge in [-0.05, 0) is 30.4 Å². The molecule has 0 bridgehead atoms. The Morgan fingerprint density at radius 1 is 1.57 bits per heavy atom. The number of ketones is 1. The molecule has 0 saturated heterocycles. The molecule has 0 amide bonds. The molecular weight excluding hydrogens is 200 g/mol. The predicted molar refractivity (Wildman–Crippen MR) is 56.2 cm³/mol. The molecule has 0 aromatic carbocycles. The molecule has 0 heterocycles. The van der Waals surface area contributed by atoms with Crippen LogP contribution in [0.4, 0.5) is 0 Å². The standard InChI is InChI=1S/C11H17ClO2/c1-2-3-4-8-5-6-10(13)9(7-8)11(12)14/h8-9H,2-7H2,1H3. The maximum absolute atomic E-state index is 11.3. The van der Waals surface area contributed by atoms with Crippen LogP contribution in [0.3, 0.4) is 0 Å². The first-order valence-corrected chi connectivity index (χ1v) is 5.75. The fraction of sp³-hybridized carbons (Fsp3) is 0.818. The highest BCUT2D eigenvalue weighted by molar-refractivity contribution is 6.65. The van der Waals surface area contributed by atoms with Crippen LogP contribution >= 0.6 is 11.6 Å². The maximum atomic E-state index is 11.3. The molecular formula is C11H17ClO2. The Morgan fingerprint density at radius 2 is 2.29 bits per heavy atom. The molecule has 2 nitrogen and oxygen atoms in total. The monoisotopic (exact) mass is 216 g/mol. The van der Waals surface area contributed by atoms with Gasteiger partial charge in [-0.25, -0.2) is 0 Å². The zero-order valence-corrected chi connectivity index (χ0v) is 9.35. The van der Waals surface area contributed by atoms with Gasteiger partial charge in [0, 0.05) is 6.42 Å². The van der Waals surface area contributed by atoms with E-state index in [0.29, 0.717) is 18.8 Å². The van der Waals surface area contributed by atoms with E-state index in [1.807, 2.05) is 0 Å². The van der Waals surface area contributed by atoms with Crippen LogP contribution in [0.15, 0.2) is 0 Å². The van der Waals surface area contributed by atoms with E-state index >= 15 is 0 Å². The van der Waals surface area contributed by atoms with Crippen molar-refractivity contribution in [3.8, 4) is 0 Å². The number of Topliss-reactive ketones (excluding diaryl/α,β-unsaturated/α-hetero) is 1. The number of carbonyl (C=O) groups is 2. The van der Waals surface area contributed by atoms with Crippen molar-refractivity contribution >= 4 is 22.6 Å². The first kappa shape index (κ1) is 11.7. The van der Waals surface area contributed by atoms with Gasteiger partial charge in [-0.2, -0.15) is 0 Å². The van der Waals surface area contributed by atoms with Crippen molar-refractivity contribution < 1.29 is 9.59 Å². The van der Waals surface area contributed by atoms with E-state index in [1.54, 1.807) is 0 Å². The second-order valence-corrected chi connectivity index (χ2v) is 4.48. The van der Waals surface area contributed by atoms with E-state index in [1.165, 1.54) is 12.8 Å². The summed E-state index contributed by atoms with van der Waals surface area (Å²) in [6, 6.07) is 0. The summed E-state index contributed by atoms with van der Waals surface area (Å²) in [6.45, 7) is 2.15. The second kappa shape index (κ2) is 5.50. The van der Waals surface area contributed by atoms with Crippen LogP contribution in [0, 0.1) is 11.8 Å². The summed E-state index contributed by atoms with van der Waals surface area (Å²) in [4.78, 5) is 22.3. The second-order valence-electron chi connectivity index (χ2n) is 4.11. The van der Waals surface area contributed by atoms with Crippen molar-refractivity contribution in [2.24, 2.45) is 11.8 Å². The van der Waals surface area contributed by atoms with E-state index in [0.717, 1.165) is 12.8 Å². The molecule has 0 aromatic rings. The molecule has 0 radical (unpaired) electrons. The number of carbonyl (C=O) groups excluding carboxylic acids is 2. The van der Waals surface area contributed by atoms with Crippen LogP contribution in [-0.4, -0.2) is 11.0 Å². The van der Waals surface area contributed by atoms with Gasteiger partial charge in [-0.1, -0.05) is 26.2 Å². The first-order chi connectivity index (χ1) is 6.65. The van der Waals surface area contributed by atoms with Gasteiger partial charge in [-0.3, -0.25) is 9.59 Å². The van der Waals surface area contributed by atoms with E-state index < -0.39 is 11.2 Å². The molecule has 14 heavy (non-hydrogen) atoms. The Morgan fingerprint density at radius 3 is 2.86 bits per heavy atom. The number of halogens is 1. The van der Waals surface area contributed by atoms with Crippen molar-refractivity contribution in [2.75, 3.05) is 0 Å². The van der Waals surface area contributed by atoms with Crippen LogP contribution < -0.4 is 0 Å². The Hall–Kier alpha value is -0.370. The van der Waals surface area contributed by atoms with Crippen LogP contribution in [-0.2, 0) is 9.59 Å². The molecule has 2 atom stereocenters. The third-order valence-electron chi connectivity index (χ3n) is 3.00.